The van der Waals surface area contributed by atoms with Gasteiger partial charge in [0.2, 0.25) is 12.0 Å². The van der Waals surface area contributed by atoms with Crippen LogP contribution >= 0.6 is 0 Å². The van der Waals surface area contributed by atoms with Crippen LogP contribution in [0.25, 0.3) is 6.08 Å². The van der Waals surface area contributed by atoms with Gasteiger partial charge in [-0.25, -0.2) is 0 Å². The summed E-state index contributed by atoms with van der Waals surface area (Å²) < 4.78 is 16.4. The van der Waals surface area contributed by atoms with E-state index in [-0.39, 0.29) is 11.8 Å². The molecule has 1 atom stereocenters. The van der Waals surface area contributed by atoms with Crippen LogP contribution in [-0.2, 0) is 9.59 Å². The molecule has 7 nitrogen and oxygen atoms in total. The molecule has 1 aliphatic rings. The quantitative estimate of drug-likeness (QED) is 0.565. The van der Waals surface area contributed by atoms with Crippen LogP contribution < -0.4 is 24.8 Å². The Morgan fingerprint density at radius 2 is 1.84 bits per heavy atom. The Labute approximate surface area is 185 Å². The molecule has 2 amide bonds. The van der Waals surface area contributed by atoms with Crippen molar-refractivity contribution in [2.45, 2.75) is 6.10 Å². The fraction of sp³-hybridized carbons (Fsp3) is 0.120. The van der Waals surface area contributed by atoms with E-state index in [0.29, 0.717) is 34.2 Å². The molecule has 1 heterocycles. The number of fused-ring (bicyclic) bond motifs is 1. The number of benzene rings is 3. The van der Waals surface area contributed by atoms with Gasteiger partial charge in [-0.3, -0.25) is 9.59 Å². The van der Waals surface area contributed by atoms with Crippen LogP contribution in [-0.4, -0.2) is 26.0 Å². The number of carbonyl (C=O) groups excluding carboxylic acids is 2. The molecule has 0 spiro atoms. The molecule has 1 unspecified atom stereocenters. The summed E-state index contributed by atoms with van der Waals surface area (Å²) in [6, 6.07) is 19.7. The van der Waals surface area contributed by atoms with Crippen LogP contribution in [0, 0.1) is 0 Å². The third kappa shape index (κ3) is 4.57. The Morgan fingerprint density at radius 3 is 2.59 bits per heavy atom. The molecule has 3 aromatic carbocycles. The van der Waals surface area contributed by atoms with Crippen LogP contribution in [0.1, 0.15) is 17.2 Å². The summed E-state index contributed by atoms with van der Waals surface area (Å²) in [7, 11) is 3.13. The molecule has 0 saturated heterocycles. The molecule has 0 aromatic heterocycles. The van der Waals surface area contributed by atoms with Crippen molar-refractivity contribution in [3.05, 3.63) is 83.9 Å². The smallest absolute Gasteiger partial charge is 0.270 e. The fourth-order valence-electron chi connectivity index (χ4n) is 3.35. The van der Waals surface area contributed by atoms with Crippen molar-refractivity contribution in [1.29, 1.82) is 0 Å². The van der Waals surface area contributed by atoms with E-state index in [9.17, 15) is 9.59 Å². The lowest BCUT2D eigenvalue weighted by Gasteiger charge is -2.26. The van der Waals surface area contributed by atoms with Crippen LogP contribution in [0.15, 0.2) is 72.8 Å². The summed E-state index contributed by atoms with van der Waals surface area (Å²) in [5, 5.41) is 5.63. The third-order valence-electron chi connectivity index (χ3n) is 4.94. The van der Waals surface area contributed by atoms with Crippen molar-refractivity contribution in [3.8, 4) is 17.2 Å². The summed E-state index contributed by atoms with van der Waals surface area (Å²) in [5.74, 6) is 1.21. The van der Waals surface area contributed by atoms with Crippen LogP contribution in [0.4, 0.5) is 11.4 Å². The lowest BCUT2D eigenvalue weighted by atomic mass is 10.1. The second kappa shape index (κ2) is 9.26. The number of methoxy groups -OCH3 is 2. The first-order valence-electron chi connectivity index (χ1n) is 9.95. The van der Waals surface area contributed by atoms with Gasteiger partial charge in [0.05, 0.1) is 19.9 Å². The zero-order valence-corrected chi connectivity index (χ0v) is 17.6. The van der Waals surface area contributed by atoms with E-state index in [0.717, 1.165) is 5.56 Å². The first-order valence-corrected chi connectivity index (χ1v) is 9.95. The molecule has 2 N–H and O–H groups in total. The standard InChI is InChI=1S/C25H22N2O5/c1-30-19-10-12-21(31-2)17(14-19)8-13-23(28)26-18-9-11-22-20(15-18)27-25(29)24(32-22)16-6-4-3-5-7-16/h3-15,24H,1-2H3,(H,26,28)(H,27,29)/b13-8+. The normalized spacial score (nSPS) is 14.8. The molecule has 7 heteroatoms. The van der Waals surface area contributed by atoms with Crippen LogP contribution in [0.3, 0.4) is 0 Å². The minimum Gasteiger partial charge on any atom is -0.497 e. The molecule has 0 fully saturated rings. The Hall–Kier alpha value is -4.26. The molecule has 4 rings (SSSR count). The molecule has 32 heavy (non-hydrogen) atoms. The van der Waals surface area contributed by atoms with Gasteiger partial charge < -0.3 is 24.8 Å². The minimum absolute atomic E-state index is 0.266. The van der Waals surface area contributed by atoms with E-state index in [2.05, 4.69) is 10.6 Å². The van der Waals surface area contributed by atoms with E-state index in [1.54, 1.807) is 56.7 Å². The number of ether oxygens (including phenoxy) is 3. The molecule has 0 radical (unpaired) electrons. The molecular formula is C25H22N2O5. The summed E-state index contributed by atoms with van der Waals surface area (Å²) in [6.07, 6.45) is 2.33. The molecule has 1 aliphatic heterocycles. The zero-order valence-electron chi connectivity index (χ0n) is 17.6. The summed E-state index contributed by atoms with van der Waals surface area (Å²) in [4.78, 5) is 24.9. The lowest BCUT2D eigenvalue weighted by Crippen LogP contribution is -2.30. The maximum Gasteiger partial charge on any atom is 0.270 e. The van der Waals surface area contributed by atoms with Gasteiger partial charge >= 0.3 is 0 Å². The average molecular weight is 430 g/mol. The Kier molecular flexibility index (Phi) is 6.07. The number of carbonyl (C=O) groups is 2. The lowest BCUT2D eigenvalue weighted by molar-refractivity contribution is -0.123. The molecule has 0 aliphatic carbocycles. The van der Waals surface area contributed by atoms with E-state index in [1.165, 1.54) is 6.08 Å². The van der Waals surface area contributed by atoms with Crippen molar-refractivity contribution in [2.24, 2.45) is 0 Å². The van der Waals surface area contributed by atoms with Gasteiger partial charge in [0, 0.05) is 22.9 Å². The number of nitrogens with one attached hydrogen (secondary N) is 2. The minimum atomic E-state index is -0.718. The highest BCUT2D eigenvalue weighted by Crippen LogP contribution is 2.36. The average Bonchev–Trinajstić information content (AvgIpc) is 2.82. The Bertz CT molecular complexity index is 1170. The van der Waals surface area contributed by atoms with E-state index < -0.39 is 6.10 Å². The van der Waals surface area contributed by atoms with E-state index in [1.807, 2.05) is 30.3 Å². The number of hydrogen-bond acceptors (Lipinski definition) is 5. The summed E-state index contributed by atoms with van der Waals surface area (Å²) >= 11 is 0. The van der Waals surface area contributed by atoms with Crippen molar-refractivity contribution < 1.29 is 23.8 Å². The number of amides is 2. The first kappa shape index (κ1) is 21.0. The van der Waals surface area contributed by atoms with Crippen molar-refractivity contribution in [3.63, 3.8) is 0 Å². The fourth-order valence-corrected chi connectivity index (χ4v) is 3.35. The number of rotatable bonds is 6. The highest BCUT2D eigenvalue weighted by Gasteiger charge is 2.29. The summed E-state index contributed by atoms with van der Waals surface area (Å²) in [5.41, 5.74) is 2.50. The van der Waals surface area contributed by atoms with E-state index >= 15 is 0 Å². The zero-order chi connectivity index (χ0) is 22.5. The van der Waals surface area contributed by atoms with Crippen molar-refractivity contribution >= 4 is 29.3 Å². The van der Waals surface area contributed by atoms with Crippen LogP contribution in [0.5, 0.6) is 17.2 Å². The first-order chi connectivity index (χ1) is 15.6. The van der Waals surface area contributed by atoms with Gasteiger partial charge in [-0.1, -0.05) is 30.3 Å². The second-order valence-corrected chi connectivity index (χ2v) is 7.04. The van der Waals surface area contributed by atoms with Gasteiger partial charge in [-0.05, 0) is 42.5 Å². The largest absolute Gasteiger partial charge is 0.497 e. The molecule has 0 bridgehead atoms. The van der Waals surface area contributed by atoms with Gasteiger partial charge in [-0.15, -0.1) is 0 Å². The number of anilines is 2. The highest BCUT2D eigenvalue weighted by atomic mass is 16.5. The van der Waals surface area contributed by atoms with Crippen LogP contribution in [0.2, 0.25) is 0 Å². The Morgan fingerprint density at radius 1 is 1.03 bits per heavy atom. The Balaban J connectivity index is 1.46. The maximum atomic E-state index is 12.5. The third-order valence-corrected chi connectivity index (χ3v) is 4.94. The van der Waals surface area contributed by atoms with Crippen molar-refractivity contribution in [1.82, 2.24) is 0 Å². The predicted molar refractivity (Wildman–Crippen MR) is 122 cm³/mol. The van der Waals surface area contributed by atoms with Crippen molar-refractivity contribution in [2.75, 3.05) is 24.9 Å². The topological polar surface area (TPSA) is 85.9 Å². The summed E-state index contributed by atoms with van der Waals surface area (Å²) in [6.45, 7) is 0. The van der Waals surface area contributed by atoms with Gasteiger partial charge in [-0.2, -0.15) is 0 Å². The molecular weight excluding hydrogens is 408 g/mol. The van der Waals surface area contributed by atoms with Gasteiger partial charge in [0.15, 0.2) is 0 Å². The van der Waals surface area contributed by atoms with E-state index in [4.69, 9.17) is 14.2 Å². The second-order valence-electron chi connectivity index (χ2n) is 7.04. The monoisotopic (exact) mass is 430 g/mol. The van der Waals surface area contributed by atoms with Gasteiger partial charge in [0.1, 0.15) is 17.2 Å². The predicted octanol–water partition coefficient (Wildman–Crippen LogP) is 4.43. The van der Waals surface area contributed by atoms with Gasteiger partial charge in [0.25, 0.3) is 5.91 Å². The maximum absolute atomic E-state index is 12.5. The highest BCUT2D eigenvalue weighted by molar-refractivity contribution is 6.03. The molecule has 0 saturated carbocycles. The molecule has 3 aromatic rings. The molecule has 162 valence electrons. The SMILES string of the molecule is COc1ccc(OC)c(/C=C/C(=O)Nc2ccc3c(c2)NC(=O)C(c2ccccc2)O3)c1. The number of hydrogen-bond donors (Lipinski definition) is 2.